The van der Waals surface area contributed by atoms with Crippen LogP contribution in [0, 0.1) is 13.7 Å². The van der Waals surface area contributed by atoms with Crippen LogP contribution in [0.15, 0.2) is 34.0 Å². The second kappa shape index (κ2) is 9.34. The number of nitro benzene ring substituents is 1. The molecule has 4 atom stereocenters. The van der Waals surface area contributed by atoms with Crippen LogP contribution in [0.25, 0.3) is 0 Å². The van der Waals surface area contributed by atoms with Crippen LogP contribution < -0.4 is 11.2 Å². The third-order valence-corrected chi connectivity index (χ3v) is 5.52. The lowest BCUT2D eigenvalue weighted by molar-refractivity contribution is -0.386. The summed E-state index contributed by atoms with van der Waals surface area (Å²) in [6.07, 6.45) is -1.97. The maximum absolute atomic E-state index is 12.2. The fourth-order valence-corrected chi connectivity index (χ4v) is 3.69. The minimum atomic E-state index is -0.944. The molecule has 0 saturated carbocycles. The molecule has 1 aromatic heterocycles. The van der Waals surface area contributed by atoms with Crippen LogP contribution in [0.4, 0.5) is 5.69 Å². The van der Waals surface area contributed by atoms with Gasteiger partial charge >= 0.3 is 5.69 Å². The molecule has 1 aliphatic heterocycles. The van der Waals surface area contributed by atoms with Crippen LogP contribution >= 0.6 is 22.6 Å². The number of H-pyrrole nitrogens is 1. The zero-order valence-corrected chi connectivity index (χ0v) is 18.0. The number of nitro groups is 1. The van der Waals surface area contributed by atoms with Gasteiger partial charge in [0.15, 0.2) is 0 Å². The fraction of sp³-hybridized carbons (Fsp3) is 0.444. The Morgan fingerprint density at radius 1 is 1.47 bits per heavy atom. The van der Waals surface area contributed by atoms with E-state index in [4.69, 9.17) is 9.47 Å². The smallest absolute Gasteiger partial charge is 0.330 e. The molecule has 162 valence electrons. The number of aliphatic hydroxyl groups excluding tert-OH is 2. The number of hydrogen-bond acceptors (Lipinski definition) is 8. The quantitative estimate of drug-likeness (QED) is 0.270. The average molecular weight is 533 g/mol. The molecular weight excluding hydrogens is 513 g/mol. The largest absolute Gasteiger partial charge is 0.394 e. The summed E-state index contributed by atoms with van der Waals surface area (Å²) >= 11 is 1.98. The molecule has 30 heavy (non-hydrogen) atoms. The third-order valence-electron chi connectivity index (χ3n) is 4.85. The van der Waals surface area contributed by atoms with Gasteiger partial charge in [-0.25, -0.2) is 4.79 Å². The second-order valence-corrected chi connectivity index (χ2v) is 8.09. The summed E-state index contributed by atoms with van der Waals surface area (Å²) < 4.78 is 13.0. The maximum Gasteiger partial charge on any atom is 0.330 e. The first-order chi connectivity index (χ1) is 14.2. The van der Waals surface area contributed by atoms with E-state index in [1.807, 2.05) is 22.6 Å². The van der Waals surface area contributed by atoms with E-state index in [2.05, 4.69) is 4.98 Å². The van der Waals surface area contributed by atoms with Gasteiger partial charge in [0.05, 0.1) is 41.5 Å². The first-order valence-corrected chi connectivity index (χ1v) is 10.1. The lowest BCUT2D eigenvalue weighted by Gasteiger charge is -2.17. The van der Waals surface area contributed by atoms with E-state index in [9.17, 15) is 29.9 Å². The van der Waals surface area contributed by atoms with E-state index in [0.717, 1.165) is 4.57 Å². The fourth-order valence-electron chi connectivity index (χ4n) is 3.22. The molecule has 1 fully saturated rings. The van der Waals surface area contributed by atoms with E-state index in [1.54, 1.807) is 19.1 Å². The molecule has 1 aromatic carbocycles. The predicted molar refractivity (Wildman–Crippen MR) is 112 cm³/mol. The second-order valence-electron chi connectivity index (χ2n) is 6.85. The summed E-state index contributed by atoms with van der Waals surface area (Å²) in [5.41, 5.74) is -0.992. The lowest BCUT2D eigenvalue weighted by Crippen LogP contribution is -2.34. The van der Waals surface area contributed by atoms with Gasteiger partial charge in [-0.3, -0.25) is 24.5 Å². The molecule has 0 radical (unpaired) electrons. The van der Waals surface area contributed by atoms with E-state index < -0.39 is 47.3 Å². The number of aromatic nitrogens is 2. The monoisotopic (exact) mass is 533 g/mol. The highest BCUT2D eigenvalue weighted by molar-refractivity contribution is 14.1. The van der Waals surface area contributed by atoms with E-state index >= 15 is 0 Å². The molecule has 12 heteroatoms. The van der Waals surface area contributed by atoms with Crippen molar-refractivity contribution in [2.75, 3.05) is 6.61 Å². The number of ether oxygens (including phenoxy) is 2. The third kappa shape index (κ3) is 4.78. The number of hydrogen-bond donors (Lipinski definition) is 3. The van der Waals surface area contributed by atoms with Gasteiger partial charge in [0.25, 0.3) is 11.2 Å². The van der Waals surface area contributed by atoms with Crippen molar-refractivity contribution in [3.05, 3.63) is 70.0 Å². The topological polar surface area (TPSA) is 157 Å². The average Bonchev–Trinajstić information content (AvgIpc) is 3.07. The molecule has 1 aliphatic rings. The molecule has 2 heterocycles. The molecule has 3 rings (SSSR count). The highest BCUT2D eigenvalue weighted by Crippen LogP contribution is 2.30. The van der Waals surface area contributed by atoms with Crippen LogP contribution in [-0.2, 0) is 16.1 Å². The summed E-state index contributed by atoms with van der Waals surface area (Å²) in [6.45, 7) is 1.01. The number of halogens is 1. The van der Waals surface area contributed by atoms with Crippen molar-refractivity contribution in [3.63, 3.8) is 0 Å². The summed E-state index contributed by atoms with van der Waals surface area (Å²) in [6, 6.07) is 4.75. The Balaban J connectivity index is 1.80. The minimum absolute atomic E-state index is 0.0721. The summed E-state index contributed by atoms with van der Waals surface area (Å²) in [4.78, 5) is 37.3. The van der Waals surface area contributed by atoms with Crippen molar-refractivity contribution in [1.29, 1.82) is 0 Å². The van der Waals surface area contributed by atoms with Gasteiger partial charge in [-0.15, -0.1) is 0 Å². The zero-order valence-electron chi connectivity index (χ0n) is 15.9. The zero-order chi connectivity index (χ0) is 22.0. The Morgan fingerprint density at radius 2 is 2.20 bits per heavy atom. The first-order valence-electron chi connectivity index (χ1n) is 9.05. The van der Waals surface area contributed by atoms with Crippen molar-refractivity contribution in [1.82, 2.24) is 9.55 Å². The van der Waals surface area contributed by atoms with E-state index in [-0.39, 0.29) is 24.3 Å². The number of aliphatic hydroxyl groups is 2. The van der Waals surface area contributed by atoms with Crippen molar-refractivity contribution >= 4 is 28.3 Å². The molecule has 1 saturated heterocycles. The lowest BCUT2D eigenvalue weighted by atomic mass is 10.1. The number of rotatable bonds is 7. The van der Waals surface area contributed by atoms with Crippen molar-refractivity contribution < 1.29 is 24.6 Å². The van der Waals surface area contributed by atoms with Crippen LogP contribution in [-0.4, -0.2) is 43.5 Å². The molecule has 0 spiro atoms. The first kappa shape index (κ1) is 22.6. The van der Waals surface area contributed by atoms with Gasteiger partial charge in [-0.05, 0) is 41.6 Å². The van der Waals surface area contributed by atoms with Gasteiger partial charge in [-0.2, -0.15) is 0 Å². The summed E-state index contributed by atoms with van der Waals surface area (Å²) in [5, 5.41) is 30.4. The SMILES string of the molecule is CC(OCc1cn([C@H]2C[C@H](O)[C@@H](CO)O2)c(=O)[nH]c1=O)c1ccc(I)cc1[N+](=O)[O-]. The molecule has 3 N–H and O–H groups in total. The molecule has 11 nitrogen and oxygen atoms in total. The summed E-state index contributed by atoms with van der Waals surface area (Å²) in [5.74, 6) is 0. The highest BCUT2D eigenvalue weighted by atomic mass is 127. The van der Waals surface area contributed by atoms with E-state index in [0.29, 0.717) is 9.13 Å². The van der Waals surface area contributed by atoms with Gasteiger partial charge in [0, 0.05) is 22.3 Å². The van der Waals surface area contributed by atoms with Gasteiger partial charge in [0.2, 0.25) is 0 Å². The molecule has 0 amide bonds. The summed E-state index contributed by atoms with van der Waals surface area (Å²) in [7, 11) is 0. The van der Waals surface area contributed by atoms with Gasteiger partial charge in [-0.1, -0.05) is 0 Å². The number of benzene rings is 1. The molecular formula is C18H20IN3O8. The van der Waals surface area contributed by atoms with Crippen molar-refractivity contribution in [3.8, 4) is 0 Å². The van der Waals surface area contributed by atoms with Crippen LogP contribution in [0.2, 0.25) is 0 Å². The molecule has 0 aliphatic carbocycles. The van der Waals surface area contributed by atoms with Crippen LogP contribution in [0.1, 0.15) is 36.8 Å². The Morgan fingerprint density at radius 3 is 2.83 bits per heavy atom. The van der Waals surface area contributed by atoms with Crippen molar-refractivity contribution in [2.24, 2.45) is 0 Å². The predicted octanol–water partition coefficient (Wildman–Crippen LogP) is 0.968. The Kier molecular flexibility index (Phi) is 7.02. The molecule has 0 bridgehead atoms. The van der Waals surface area contributed by atoms with Gasteiger partial charge < -0.3 is 19.7 Å². The Hall–Kier alpha value is -2.13. The van der Waals surface area contributed by atoms with Crippen molar-refractivity contribution in [2.45, 2.75) is 44.5 Å². The minimum Gasteiger partial charge on any atom is -0.394 e. The maximum atomic E-state index is 12.2. The van der Waals surface area contributed by atoms with Crippen LogP contribution in [0.3, 0.4) is 0 Å². The standard InChI is InChI=1S/C18H20IN3O8/c1-9(12-3-2-11(19)4-13(12)22(27)28)29-8-10-6-21(18(26)20-17(10)25)16-5-14(24)15(7-23)30-16/h2-4,6,9,14-16,23-24H,5,7-8H2,1H3,(H,20,25,26)/t9?,14-,15+,16+/m0/s1. The Labute approximate surface area is 183 Å². The molecule has 1 unspecified atom stereocenters. The number of nitrogens with one attached hydrogen (secondary N) is 1. The Bertz CT molecular complexity index is 1050. The number of aromatic amines is 1. The van der Waals surface area contributed by atoms with Gasteiger partial charge in [0.1, 0.15) is 12.3 Å². The molecule has 2 aromatic rings. The number of nitrogens with zero attached hydrogens (tertiary/aromatic N) is 2. The van der Waals surface area contributed by atoms with E-state index in [1.165, 1.54) is 12.3 Å². The highest BCUT2D eigenvalue weighted by Gasteiger charge is 2.35. The van der Waals surface area contributed by atoms with Crippen LogP contribution in [0.5, 0.6) is 0 Å². The normalized spacial score (nSPS) is 22.2.